The van der Waals surface area contributed by atoms with E-state index in [1.165, 1.54) is 0 Å². The topological polar surface area (TPSA) is 52.6 Å². The maximum atomic E-state index is 11.8. The predicted octanol–water partition coefficient (Wildman–Crippen LogP) is 0.749. The Morgan fingerprint density at radius 2 is 2.25 bits per heavy atom. The third-order valence-corrected chi connectivity index (χ3v) is 3.23. The van der Waals surface area contributed by atoms with Crippen LogP contribution in [0.25, 0.3) is 0 Å². The molecule has 1 fully saturated rings. The van der Waals surface area contributed by atoms with E-state index in [0.717, 1.165) is 45.2 Å². The van der Waals surface area contributed by atoms with E-state index in [-0.39, 0.29) is 18.6 Å². The molecule has 1 amide bonds. The molecular weight excluding hydrogens is 204 g/mol. The van der Waals surface area contributed by atoms with Gasteiger partial charge in [0.25, 0.3) is 0 Å². The molecule has 94 valence electrons. The molecule has 0 aliphatic carbocycles. The fourth-order valence-electron chi connectivity index (χ4n) is 2.25. The quantitative estimate of drug-likeness (QED) is 0.632. The Bertz CT molecular complexity index is 209. The van der Waals surface area contributed by atoms with E-state index in [2.05, 4.69) is 5.32 Å². The van der Waals surface area contributed by atoms with Gasteiger partial charge in [-0.2, -0.15) is 0 Å². The Morgan fingerprint density at radius 3 is 2.94 bits per heavy atom. The van der Waals surface area contributed by atoms with Crippen molar-refractivity contribution in [3.63, 3.8) is 0 Å². The second-order valence-corrected chi connectivity index (χ2v) is 4.48. The number of hydrogen-bond donors (Lipinski definition) is 2. The minimum absolute atomic E-state index is 0.0878. The second-order valence-electron chi connectivity index (χ2n) is 4.48. The first-order chi connectivity index (χ1) is 7.79. The van der Waals surface area contributed by atoms with Gasteiger partial charge in [0.05, 0.1) is 12.6 Å². The van der Waals surface area contributed by atoms with Crippen LogP contribution in [-0.4, -0.2) is 48.7 Å². The third-order valence-electron chi connectivity index (χ3n) is 3.23. The van der Waals surface area contributed by atoms with Gasteiger partial charge in [0.1, 0.15) is 0 Å². The van der Waals surface area contributed by atoms with Crippen molar-refractivity contribution in [3.05, 3.63) is 0 Å². The molecule has 1 aliphatic rings. The highest BCUT2D eigenvalue weighted by molar-refractivity contribution is 5.76. The molecule has 1 rings (SSSR count). The van der Waals surface area contributed by atoms with Crippen LogP contribution in [-0.2, 0) is 4.79 Å². The first-order valence-electron chi connectivity index (χ1n) is 6.34. The molecule has 4 nitrogen and oxygen atoms in total. The normalized spacial score (nSPS) is 20.4. The molecule has 0 saturated carbocycles. The van der Waals surface area contributed by atoms with Gasteiger partial charge in [-0.05, 0) is 39.3 Å². The van der Waals surface area contributed by atoms with Crippen molar-refractivity contribution in [2.45, 2.75) is 44.6 Å². The van der Waals surface area contributed by atoms with Crippen LogP contribution < -0.4 is 5.32 Å². The zero-order chi connectivity index (χ0) is 11.8. The fourth-order valence-corrected chi connectivity index (χ4v) is 2.25. The molecule has 4 heteroatoms. The van der Waals surface area contributed by atoms with Gasteiger partial charge in [-0.3, -0.25) is 4.79 Å². The molecule has 16 heavy (non-hydrogen) atoms. The highest BCUT2D eigenvalue weighted by Crippen LogP contribution is 2.18. The second kappa shape index (κ2) is 7.63. The summed E-state index contributed by atoms with van der Waals surface area (Å²) in [5.74, 6) is 0.223. The lowest BCUT2D eigenvalue weighted by molar-refractivity contribution is -0.132. The van der Waals surface area contributed by atoms with Crippen molar-refractivity contribution in [3.8, 4) is 0 Å². The Kier molecular flexibility index (Phi) is 6.42. The summed E-state index contributed by atoms with van der Waals surface area (Å²) >= 11 is 0. The van der Waals surface area contributed by atoms with Crippen LogP contribution in [0.5, 0.6) is 0 Å². The van der Waals surface area contributed by atoms with Crippen LogP contribution in [0.2, 0.25) is 0 Å². The average Bonchev–Trinajstić information content (AvgIpc) is 2.76. The van der Waals surface area contributed by atoms with Gasteiger partial charge >= 0.3 is 0 Å². The van der Waals surface area contributed by atoms with Crippen LogP contribution in [0.4, 0.5) is 0 Å². The van der Waals surface area contributed by atoms with Crippen molar-refractivity contribution in [2.75, 3.05) is 26.7 Å². The SMILES string of the molecule is CNCCCCCC(=O)N1CCCC1CO. The summed E-state index contributed by atoms with van der Waals surface area (Å²) in [5.41, 5.74) is 0. The molecule has 2 N–H and O–H groups in total. The van der Waals surface area contributed by atoms with Crippen molar-refractivity contribution in [1.29, 1.82) is 0 Å². The van der Waals surface area contributed by atoms with Crippen LogP contribution in [0, 0.1) is 0 Å². The molecule has 0 radical (unpaired) electrons. The van der Waals surface area contributed by atoms with Crippen molar-refractivity contribution < 1.29 is 9.90 Å². The number of aliphatic hydroxyl groups is 1. The minimum atomic E-state index is 0.0878. The number of rotatable bonds is 7. The summed E-state index contributed by atoms with van der Waals surface area (Å²) in [6.45, 7) is 1.98. The van der Waals surface area contributed by atoms with Gasteiger partial charge in [-0.15, -0.1) is 0 Å². The molecule has 0 aromatic carbocycles. The van der Waals surface area contributed by atoms with E-state index in [1.807, 2.05) is 11.9 Å². The Balaban J connectivity index is 2.14. The molecule has 1 unspecified atom stereocenters. The minimum Gasteiger partial charge on any atom is -0.394 e. The zero-order valence-electron chi connectivity index (χ0n) is 10.2. The molecule has 1 aliphatic heterocycles. The van der Waals surface area contributed by atoms with Gasteiger partial charge in [0, 0.05) is 13.0 Å². The average molecular weight is 228 g/mol. The molecule has 1 saturated heterocycles. The Hall–Kier alpha value is -0.610. The number of unbranched alkanes of at least 4 members (excludes halogenated alkanes) is 2. The lowest BCUT2D eigenvalue weighted by atomic mass is 10.1. The predicted molar refractivity (Wildman–Crippen MR) is 64.2 cm³/mol. The summed E-state index contributed by atoms with van der Waals surface area (Å²) in [7, 11) is 1.95. The summed E-state index contributed by atoms with van der Waals surface area (Å²) in [6, 6.07) is 0.0878. The summed E-state index contributed by atoms with van der Waals surface area (Å²) in [4.78, 5) is 13.7. The summed E-state index contributed by atoms with van der Waals surface area (Å²) < 4.78 is 0. The highest BCUT2D eigenvalue weighted by Gasteiger charge is 2.27. The van der Waals surface area contributed by atoms with Crippen LogP contribution in [0.1, 0.15) is 38.5 Å². The van der Waals surface area contributed by atoms with Crippen LogP contribution >= 0.6 is 0 Å². The van der Waals surface area contributed by atoms with E-state index in [9.17, 15) is 4.79 Å². The van der Waals surface area contributed by atoms with Crippen LogP contribution in [0.15, 0.2) is 0 Å². The fraction of sp³-hybridized carbons (Fsp3) is 0.917. The highest BCUT2D eigenvalue weighted by atomic mass is 16.3. The number of nitrogens with one attached hydrogen (secondary N) is 1. The third kappa shape index (κ3) is 4.10. The van der Waals surface area contributed by atoms with E-state index in [0.29, 0.717) is 6.42 Å². The number of carbonyl (C=O) groups is 1. The van der Waals surface area contributed by atoms with Gasteiger partial charge in [0.15, 0.2) is 0 Å². The maximum absolute atomic E-state index is 11.8. The largest absolute Gasteiger partial charge is 0.394 e. The van der Waals surface area contributed by atoms with Gasteiger partial charge < -0.3 is 15.3 Å². The van der Waals surface area contributed by atoms with Crippen LogP contribution in [0.3, 0.4) is 0 Å². The molecule has 0 aromatic heterocycles. The number of aliphatic hydroxyl groups excluding tert-OH is 1. The first-order valence-corrected chi connectivity index (χ1v) is 6.34. The van der Waals surface area contributed by atoms with Crippen molar-refractivity contribution in [1.82, 2.24) is 10.2 Å². The maximum Gasteiger partial charge on any atom is 0.222 e. The summed E-state index contributed by atoms with van der Waals surface area (Å²) in [5, 5.41) is 12.2. The monoisotopic (exact) mass is 228 g/mol. The lowest BCUT2D eigenvalue weighted by Gasteiger charge is -2.22. The molecule has 1 heterocycles. The first kappa shape index (κ1) is 13.5. The zero-order valence-corrected chi connectivity index (χ0v) is 10.2. The van der Waals surface area contributed by atoms with Crippen molar-refractivity contribution in [2.24, 2.45) is 0 Å². The molecule has 1 atom stereocenters. The lowest BCUT2D eigenvalue weighted by Crippen LogP contribution is -2.37. The molecule has 0 aromatic rings. The van der Waals surface area contributed by atoms with Gasteiger partial charge in [-0.25, -0.2) is 0 Å². The molecule has 0 spiro atoms. The number of nitrogens with zero attached hydrogens (tertiary/aromatic N) is 1. The standard InChI is InChI=1S/C12H24N2O2/c1-13-8-4-2-3-7-12(16)14-9-5-6-11(14)10-15/h11,13,15H,2-10H2,1H3. The number of amides is 1. The van der Waals surface area contributed by atoms with E-state index in [1.54, 1.807) is 0 Å². The molecular formula is C12H24N2O2. The Morgan fingerprint density at radius 1 is 1.44 bits per heavy atom. The number of carbonyl (C=O) groups excluding carboxylic acids is 1. The van der Waals surface area contributed by atoms with Crippen molar-refractivity contribution >= 4 is 5.91 Å². The smallest absolute Gasteiger partial charge is 0.222 e. The van der Waals surface area contributed by atoms with Gasteiger partial charge in [-0.1, -0.05) is 6.42 Å². The summed E-state index contributed by atoms with van der Waals surface area (Å²) in [6.07, 6.45) is 5.84. The van der Waals surface area contributed by atoms with E-state index < -0.39 is 0 Å². The van der Waals surface area contributed by atoms with E-state index in [4.69, 9.17) is 5.11 Å². The number of hydrogen-bond acceptors (Lipinski definition) is 3. The van der Waals surface area contributed by atoms with Gasteiger partial charge in [0.2, 0.25) is 5.91 Å². The Labute approximate surface area is 98.0 Å². The number of likely N-dealkylation sites (tertiary alicyclic amines) is 1. The van der Waals surface area contributed by atoms with E-state index >= 15 is 0 Å². The molecule has 0 bridgehead atoms.